The van der Waals surface area contributed by atoms with Gasteiger partial charge in [0.05, 0.1) is 10.7 Å². The molecular weight excluding hydrogens is 395 g/mol. The molecule has 2 aromatic carbocycles. The number of rotatable bonds is 3. The number of nitrogens with one attached hydrogen (secondary N) is 1. The minimum Gasteiger partial charge on any atom is -0.485 e. The molecule has 0 bridgehead atoms. The number of hydrogen-bond donors (Lipinski definition) is 1. The zero-order chi connectivity index (χ0) is 18.1. The van der Waals surface area contributed by atoms with Crippen LogP contribution in [0.3, 0.4) is 0 Å². The van der Waals surface area contributed by atoms with Crippen LogP contribution in [0.25, 0.3) is 11.3 Å². The maximum absolute atomic E-state index is 12.4. The predicted molar refractivity (Wildman–Crippen MR) is 103 cm³/mol. The summed E-state index contributed by atoms with van der Waals surface area (Å²) in [5.41, 5.74) is 1.35. The molecule has 2 heterocycles. The standard InChI is InChI=1S/C18H12Cl2N2O3S/c19-10-5-6-12(20)11(7-10)13-9-26-18(21-13)22-17(23)16-8-24-14-3-1-2-4-15(14)25-16/h1-7,9,16H,8H2,(H,21,22,23)/t16-/m0/s1. The Hall–Kier alpha value is -2.28. The number of carbonyl (C=O) groups excluding carboxylic acids is 1. The molecule has 0 saturated carbocycles. The van der Waals surface area contributed by atoms with Crippen molar-refractivity contribution >= 4 is 45.6 Å². The first-order chi connectivity index (χ1) is 12.6. The van der Waals surface area contributed by atoms with Crippen LogP contribution < -0.4 is 14.8 Å². The number of amides is 1. The van der Waals surface area contributed by atoms with Gasteiger partial charge in [0.15, 0.2) is 16.6 Å². The first-order valence-corrected chi connectivity index (χ1v) is 9.34. The summed E-state index contributed by atoms with van der Waals surface area (Å²) in [6.45, 7) is 0.140. The number of halogens is 2. The zero-order valence-corrected chi connectivity index (χ0v) is 15.6. The van der Waals surface area contributed by atoms with Gasteiger partial charge in [-0.1, -0.05) is 35.3 Å². The molecule has 5 nitrogen and oxygen atoms in total. The molecule has 0 spiro atoms. The van der Waals surface area contributed by atoms with E-state index in [9.17, 15) is 4.79 Å². The molecule has 1 amide bonds. The van der Waals surface area contributed by atoms with E-state index in [4.69, 9.17) is 32.7 Å². The Morgan fingerprint density at radius 3 is 2.85 bits per heavy atom. The fourth-order valence-electron chi connectivity index (χ4n) is 2.48. The summed E-state index contributed by atoms with van der Waals surface area (Å²) in [4.78, 5) is 16.9. The van der Waals surface area contributed by atoms with E-state index in [0.717, 1.165) is 0 Å². The van der Waals surface area contributed by atoms with Gasteiger partial charge in [-0.3, -0.25) is 10.1 Å². The number of fused-ring (bicyclic) bond motifs is 1. The van der Waals surface area contributed by atoms with Gasteiger partial charge in [0.1, 0.15) is 6.61 Å². The lowest BCUT2D eigenvalue weighted by atomic mass is 10.2. The maximum Gasteiger partial charge on any atom is 0.270 e. The second-order valence-corrected chi connectivity index (χ2v) is 7.22. The largest absolute Gasteiger partial charge is 0.485 e. The Bertz CT molecular complexity index is 977. The number of nitrogens with zero attached hydrogens (tertiary/aromatic N) is 1. The molecule has 1 N–H and O–H groups in total. The molecule has 4 rings (SSSR count). The van der Waals surface area contributed by atoms with Gasteiger partial charge in [0.2, 0.25) is 6.10 Å². The highest BCUT2D eigenvalue weighted by molar-refractivity contribution is 7.14. The fraction of sp³-hybridized carbons (Fsp3) is 0.111. The van der Waals surface area contributed by atoms with Crippen LogP contribution in [0, 0.1) is 0 Å². The number of hydrogen-bond acceptors (Lipinski definition) is 5. The average molecular weight is 407 g/mol. The maximum atomic E-state index is 12.4. The van der Waals surface area contributed by atoms with Crippen molar-refractivity contribution in [3.8, 4) is 22.8 Å². The molecule has 132 valence electrons. The second-order valence-electron chi connectivity index (χ2n) is 5.52. The molecule has 0 aliphatic carbocycles. The van der Waals surface area contributed by atoms with Crippen LogP contribution >= 0.6 is 34.5 Å². The van der Waals surface area contributed by atoms with Crippen LogP contribution in [0.5, 0.6) is 11.5 Å². The number of aromatic nitrogens is 1. The quantitative estimate of drug-likeness (QED) is 0.671. The number of carbonyl (C=O) groups is 1. The first-order valence-electron chi connectivity index (χ1n) is 7.70. The van der Waals surface area contributed by atoms with E-state index in [1.54, 1.807) is 35.7 Å². The molecule has 0 saturated heterocycles. The van der Waals surface area contributed by atoms with Gasteiger partial charge in [-0.15, -0.1) is 11.3 Å². The second kappa shape index (κ2) is 7.15. The number of anilines is 1. The van der Waals surface area contributed by atoms with Crippen molar-refractivity contribution in [3.63, 3.8) is 0 Å². The molecule has 3 aromatic rings. The van der Waals surface area contributed by atoms with Crippen LogP contribution in [0.4, 0.5) is 5.13 Å². The van der Waals surface area contributed by atoms with Crippen molar-refractivity contribution in [1.82, 2.24) is 4.98 Å². The molecule has 1 atom stereocenters. The highest BCUT2D eigenvalue weighted by Gasteiger charge is 2.28. The Balaban J connectivity index is 1.48. The monoisotopic (exact) mass is 406 g/mol. The van der Waals surface area contributed by atoms with Crippen molar-refractivity contribution in [3.05, 3.63) is 57.9 Å². The smallest absolute Gasteiger partial charge is 0.270 e. The molecular formula is C18H12Cl2N2O3S. The van der Waals surface area contributed by atoms with E-state index in [1.165, 1.54) is 11.3 Å². The lowest BCUT2D eigenvalue weighted by molar-refractivity contribution is -0.125. The minimum absolute atomic E-state index is 0.140. The molecule has 1 aliphatic rings. The van der Waals surface area contributed by atoms with Gasteiger partial charge in [-0.2, -0.15) is 0 Å². The summed E-state index contributed by atoms with van der Waals surface area (Å²) in [5.74, 6) is 0.853. The van der Waals surface area contributed by atoms with E-state index in [-0.39, 0.29) is 12.5 Å². The van der Waals surface area contributed by atoms with Gasteiger partial charge < -0.3 is 9.47 Å². The molecule has 8 heteroatoms. The van der Waals surface area contributed by atoms with Gasteiger partial charge in [0.25, 0.3) is 5.91 Å². The van der Waals surface area contributed by atoms with E-state index in [1.807, 2.05) is 12.1 Å². The molecule has 0 fully saturated rings. The van der Waals surface area contributed by atoms with Crippen LogP contribution in [0.2, 0.25) is 10.0 Å². The van der Waals surface area contributed by atoms with Crippen LogP contribution in [0.1, 0.15) is 0 Å². The first kappa shape index (κ1) is 17.1. The SMILES string of the molecule is O=C(Nc1nc(-c2cc(Cl)ccc2Cl)cs1)[C@@H]1COc2ccccc2O1. The van der Waals surface area contributed by atoms with Gasteiger partial charge in [-0.25, -0.2) is 4.98 Å². The number of thiazole rings is 1. The third-order valence-corrected chi connectivity index (χ3v) is 5.06. The highest BCUT2D eigenvalue weighted by atomic mass is 35.5. The normalized spacial score (nSPS) is 15.5. The Morgan fingerprint density at radius 1 is 1.19 bits per heavy atom. The Morgan fingerprint density at radius 2 is 2.00 bits per heavy atom. The lowest BCUT2D eigenvalue weighted by Gasteiger charge is -2.25. The molecule has 26 heavy (non-hydrogen) atoms. The minimum atomic E-state index is -0.744. The van der Waals surface area contributed by atoms with E-state index in [2.05, 4.69) is 10.3 Å². The predicted octanol–water partition coefficient (Wildman–Crippen LogP) is 4.90. The molecule has 1 aromatic heterocycles. The van der Waals surface area contributed by atoms with Crippen molar-refractivity contribution in [1.29, 1.82) is 0 Å². The van der Waals surface area contributed by atoms with Crippen molar-refractivity contribution < 1.29 is 14.3 Å². The van der Waals surface area contributed by atoms with Crippen molar-refractivity contribution in [2.45, 2.75) is 6.10 Å². The zero-order valence-electron chi connectivity index (χ0n) is 13.2. The third kappa shape index (κ3) is 3.49. The van der Waals surface area contributed by atoms with Crippen molar-refractivity contribution in [2.24, 2.45) is 0 Å². The van der Waals surface area contributed by atoms with E-state index >= 15 is 0 Å². The number of ether oxygens (including phenoxy) is 2. The summed E-state index contributed by atoms with van der Waals surface area (Å²) in [6.07, 6.45) is -0.744. The lowest BCUT2D eigenvalue weighted by Crippen LogP contribution is -2.40. The average Bonchev–Trinajstić information content (AvgIpc) is 3.11. The van der Waals surface area contributed by atoms with Gasteiger partial charge in [0, 0.05) is 16.0 Å². The van der Waals surface area contributed by atoms with E-state index in [0.29, 0.717) is 37.9 Å². The summed E-state index contributed by atoms with van der Waals surface area (Å²) >= 11 is 13.5. The Labute approximate surface area is 163 Å². The summed E-state index contributed by atoms with van der Waals surface area (Å²) in [7, 11) is 0. The fourth-order valence-corrected chi connectivity index (χ4v) is 3.58. The summed E-state index contributed by atoms with van der Waals surface area (Å²) in [6, 6.07) is 12.4. The Kier molecular flexibility index (Phi) is 4.72. The molecule has 0 radical (unpaired) electrons. The molecule has 1 aliphatic heterocycles. The van der Waals surface area contributed by atoms with Crippen LogP contribution in [0.15, 0.2) is 47.8 Å². The number of benzene rings is 2. The summed E-state index contributed by atoms with van der Waals surface area (Å²) < 4.78 is 11.3. The van der Waals surface area contributed by atoms with Gasteiger partial charge in [-0.05, 0) is 30.3 Å². The highest BCUT2D eigenvalue weighted by Crippen LogP contribution is 2.33. The summed E-state index contributed by atoms with van der Waals surface area (Å²) in [5, 5.41) is 6.11. The third-order valence-electron chi connectivity index (χ3n) is 3.74. The van der Waals surface area contributed by atoms with Crippen molar-refractivity contribution in [2.75, 3.05) is 11.9 Å². The topological polar surface area (TPSA) is 60.5 Å². The van der Waals surface area contributed by atoms with Crippen LogP contribution in [-0.4, -0.2) is 23.6 Å². The molecule has 0 unspecified atom stereocenters. The van der Waals surface area contributed by atoms with Gasteiger partial charge >= 0.3 is 0 Å². The van der Waals surface area contributed by atoms with Crippen LogP contribution in [-0.2, 0) is 4.79 Å². The number of para-hydroxylation sites is 2. The van der Waals surface area contributed by atoms with E-state index < -0.39 is 6.10 Å².